The summed E-state index contributed by atoms with van der Waals surface area (Å²) in [6.07, 6.45) is 0.527. The number of hydrogen-bond donors (Lipinski definition) is 1. The van der Waals surface area contributed by atoms with Crippen LogP contribution in [0, 0.1) is 13.8 Å². The standard InChI is InChI=1S/C31H34N4O7S/c1-19-5-6-22-16-26(19)21(3)35-18-23-15-24(7-10-29(23)42-43(35,38)39)41-13-4-12-40-14-11-34-28-9-8-25(27(22)17-30(36)37)20(2)31(28)32-33-34/h5-10,15-16,21,27H,4,11-14,17-18H2,1-3H3,(H,36,37)/t21-,27-/m1/s1. The number of aryl methyl sites for hydroxylation is 2. The molecule has 226 valence electrons. The smallest absolute Gasteiger partial charge is 0.386 e. The fourth-order valence-electron chi connectivity index (χ4n) is 5.98. The van der Waals surface area contributed by atoms with Crippen molar-refractivity contribution in [3.63, 3.8) is 0 Å². The van der Waals surface area contributed by atoms with E-state index in [0.29, 0.717) is 49.6 Å². The highest BCUT2D eigenvalue weighted by atomic mass is 32.2. The zero-order valence-electron chi connectivity index (χ0n) is 24.3. The van der Waals surface area contributed by atoms with E-state index in [2.05, 4.69) is 10.3 Å². The van der Waals surface area contributed by atoms with Crippen molar-refractivity contribution in [3.8, 4) is 11.5 Å². The summed E-state index contributed by atoms with van der Waals surface area (Å²) in [6, 6.07) is 14.1. The van der Waals surface area contributed by atoms with Crippen LogP contribution in [0.1, 0.15) is 65.1 Å². The molecule has 12 heteroatoms. The van der Waals surface area contributed by atoms with E-state index in [0.717, 1.165) is 33.3 Å². The topological polar surface area (TPSA) is 133 Å². The van der Waals surface area contributed by atoms with Crippen molar-refractivity contribution in [1.29, 1.82) is 0 Å². The lowest BCUT2D eigenvalue weighted by molar-refractivity contribution is -0.137. The molecule has 0 spiro atoms. The Labute approximate surface area is 250 Å². The minimum absolute atomic E-state index is 0.104. The lowest BCUT2D eigenvalue weighted by atomic mass is 9.83. The molecule has 11 nitrogen and oxygen atoms in total. The van der Waals surface area contributed by atoms with Gasteiger partial charge in [-0.1, -0.05) is 29.5 Å². The minimum atomic E-state index is -4.10. The summed E-state index contributed by atoms with van der Waals surface area (Å²) < 4.78 is 47.0. The molecule has 0 amide bonds. The molecule has 4 aromatic rings. The second kappa shape index (κ2) is 11.6. The molecule has 3 aromatic carbocycles. The number of nitrogens with zero attached hydrogens (tertiary/aromatic N) is 4. The van der Waals surface area contributed by atoms with Crippen LogP contribution in [0.5, 0.6) is 11.5 Å². The fourth-order valence-corrected chi connectivity index (χ4v) is 7.27. The quantitative estimate of drug-likeness (QED) is 0.346. The molecule has 1 unspecified atom stereocenters. The van der Waals surface area contributed by atoms with Gasteiger partial charge in [-0.25, -0.2) is 4.68 Å². The van der Waals surface area contributed by atoms with E-state index in [1.165, 1.54) is 4.31 Å². The number of carboxylic acid groups (broad SMARTS) is 1. The lowest BCUT2D eigenvalue weighted by Gasteiger charge is -2.33. The van der Waals surface area contributed by atoms with E-state index >= 15 is 0 Å². The van der Waals surface area contributed by atoms with E-state index in [-0.39, 0.29) is 18.7 Å². The third kappa shape index (κ3) is 5.69. The maximum atomic E-state index is 13.3. The minimum Gasteiger partial charge on any atom is -0.493 e. The molecule has 0 fully saturated rings. The van der Waals surface area contributed by atoms with Crippen molar-refractivity contribution in [2.45, 2.75) is 58.7 Å². The van der Waals surface area contributed by atoms with Crippen LogP contribution in [0.2, 0.25) is 0 Å². The molecule has 3 aliphatic heterocycles. The van der Waals surface area contributed by atoms with Crippen LogP contribution in [0.3, 0.4) is 0 Å². The highest BCUT2D eigenvalue weighted by Crippen LogP contribution is 2.40. The molecule has 0 saturated carbocycles. The number of aromatic nitrogens is 3. The van der Waals surface area contributed by atoms with Crippen LogP contribution in [-0.4, -0.2) is 58.6 Å². The van der Waals surface area contributed by atoms with E-state index in [9.17, 15) is 18.3 Å². The zero-order chi connectivity index (χ0) is 30.3. The normalized spacial score (nSPS) is 22.0. The molecule has 7 rings (SSSR count). The van der Waals surface area contributed by atoms with Gasteiger partial charge in [0.25, 0.3) is 0 Å². The zero-order valence-corrected chi connectivity index (χ0v) is 25.1. The third-order valence-electron chi connectivity index (χ3n) is 8.31. The predicted molar refractivity (Wildman–Crippen MR) is 158 cm³/mol. The number of fused-ring (bicyclic) bond motifs is 7. The second-order valence-electron chi connectivity index (χ2n) is 11.1. The summed E-state index contributed by atoms with van der Waals surface area (Å²) in [5.41, 5.74) is 6.35. The van der Waals surface area contributed by atoms with Gasteiger partial charge in [-0.3, -0.25) is 4.79 Å². The largest absolute Gasteiger partial charge is 0.493 e. The second-order valence-corrected chi connectivity index (χ2v) is 12.6. The molecule has 9 bridgehead atoms. The van der Waals surface area contributed by atoms with E-state index in [1.54, 1.807) is 16.8 Å². The van der Waals surface area contributed by atoms with Crippen molar-refractivity contribution >= 4 is 27.3 Å². The molecular formula is C31H34N4O7S. The first-order valence-electron chi connectivity index (χ1n) is 14.3. The first kappa shape index (κ1) is 29.1. The Morgan fingerprint density at radius 1 is 1.05 bits per heavy atom. The van der Waals surface area contributed by atoms with Crippen molar-refractivity contribution in [2.75, 3.05) is 19.8 Å². The maximum absolute atomic E-state index is 13.3. The molecule has 1 aromatic heterocycles. The van der Waals surface area contributed by atoms with Crippen LogP contribution in [0.4, 0.5) is 0 Å². The Bertz CT molecular complexity index is 1800. The molecule has 3 aliphatic rings. The van der Waals surface area contributed by atoms with Gasteiger partial charge in [-0.05, 0) is 72.9 Å². The number of hydrogen-bond acceptors (Lipinski definition) is 8. The van der Waals surface area contributed by atoms with Gasteiger partial charge in [0.15, 0.2) is 0 Å². The van der Waals surface area contributed by atoms with E-state index in [1.807, 2.05) is 57.2 Å². The Hall–Kier alpha value is -4.00. The van der Waals surface area contributed by atoms with Crippen molar-refractivity contribution in [1.82, 2.24) is 19.3 Å². The summed E-state index contributed by atoms with van der Waals surface area (Å²) in [6.45, 7) is 7.69. The molecule has 43 heavy (non-hydrogen) atoms. The number of ether oxygens (including phenoxy) is 2. The van der Waals surface area contributed by atoms with Crippen molar-refractivity contribution in [3.05, 3.63) is 81.9 Å². The average molecular weight is 607 g/mol. The fraction of sp³-hybridized carbons (Fsp3) is 0.387. The predicted octanol–water partition coefficient (Wildman–Crippen LogP) is 4.65. The molecule has 1 N–H and O–H groups in total. The van der Waals surface area contributed by atoms with Crippen LogP contribution in [0.25, 0.3) is 11.0 Å². The molecule has 0 aliphatic carbocycles. The summed E-state index contributed by atoms with van der Waals surface area (Å²) >= 11 is 0. The van der Waals surface area contributed by atoms with E-state index in [4.69, 9.17) is 13.7 Å². The summed E-state index contributed by atoms with van der Waals surface area (Å²) in [5.74, 6) is -0.534. The average Bonchev–Trinajstić information content (AvgIpc) is 3.38. The number of aliphatic carboxylic acids is 1. The molecule has 4 heterocycles. The van der Waals surface area contributed by atoms with Gasteiger partial charge >= 0.3 is 16.3 Å². The monoisotopic (exact) mass is 606 g/mol. The maximum Gasteiger partial charge on any atom is 0.386 e. The third-order valence-corrected chi connectivity index (χ3v) is 9.72. The highest BCUT2D eigenvalue weighted by Gasteiger charge is 2.37. The molecular weight excluding hydrogens is 572 g/mol. The summed E-state index contributed by atoms with van der Waals surface area (Å²) in [7, 11) is -4.10. The summed E-state index contributed by atoms with van der Waals surface area (Å²) in [5, 5.41) is 18.7. The first-order valence-corrected chi connectivity index (χ1v) is 15.7. The Kier molecular flexibility index (Phi) is 7.84. The van der Waals surface area contributed by atoms with Gasteiger partial charge < -0.3 is 18.8 Å². The van der Waals surface area contributed by atoms with E-state index < -0.39 is 28.2 Å². The van der Waals surface area contributed by atoms with Gasteiger partial charge in [0.2, 0.25) is 0 Å². The van der Waals surface area contributed by atoms with Crippen LogP contribution >= 0.6 is 0 Å². The lowest BCUT2D eigenvalue weighted by Crippen LogP contribution is -2.39. The highest BCUT2D eigenvalue weighted by molar-refractivity contribution is 7.84. The number of benzene rings is 3. The van der Waals surface area contributed by atoms with Crippen LogP contribution in [-0.2, 0) is 32.9 Å². The van der Waals surface area contributed by atoms with Gasteiger partial charge in [-0.15, -0.1) is 5.10 Å². The number of rotatable bonds is 2. The van der Waals surface area contributed by atoms with Crippen molar-refractivity contribution in [2.24, 2.45) is 0 Å². The summed E-state index contributed by atoms with van der Waals surface area (Å²) in [4.78, 5) is 12.1. The Morgan fingerprint density at radius 3 is 2.70 bits per heavy atom. The van der Waals surface area contributed by atoms with Crippen LogP contribution in [0.15, 0.2) is 48.5 Å². The molecule has 0 saturated heterocycles. The van der Waals surface area contributed by atoms with Crippen molar-refractivity contribution < 1.29 is 32.0 Å². The number of carboxylic acids is 1. The SMILES string of the molecule is Cc1ccc2cc1[C@@H](C)N1Cc3cc(ccc3OS1(=O)=O)OCCCOCCn1nnc3c(C)c(ccc31)[C@@H]2CC(=O)O. The Balaban J connectivity index is 1.46. The first-order chi connectivity index (χ1) is 20.6. The van der Waals surface area contributed by atoms with Gasteiger partial charge in [0.05, 0.1) is 37.7 Å². The van der Waals surface area contributed by atoms with Gasteiger partial charge in [-0.2, -0.15) is 12.7 Å². The van der Waals surface area contributed by atoms with Crippen LogP contribution < -0.4 is 8.92 Å². The number of carbonyl (C=O) groups is 1. The molecule has 3 atom stereocenters. The van der Waals surface area contributed by atoms with Gasteiger partial charge in [0.1, 0.15) is 17.0 Å². The van der Waals surface area contributed by atoms with Gasteiger partial charge in [0, 0.05) is 31.1 Å². The Morgan fingerprint density at radius 2 is 1.88 bits per heavy atom. The molecule has 0 radical (unpaired) electrons.